The van der Waals surface area contributed by atoms with E-state index in [-0.39, 0.29) is 5.91 Å². The molecule has 0 bridgehead atoms. The van der Waals surface area contributed by atoms with E-state index in [9.17, 15) is 4.79 Å². The van der Waals surface area contributed by atoms with Gasteiger partial charge in [0.25, 0.3) is 0 Å². The first-order valence-electron chi connectivity index (χ1n) is 6.02. The summed E-state index contributed by atoms with van der Waals surface area (Å²) in [5.74, 6) is 0.845. The van der Waals surface area contributed by atoms with E-state index >= 15 is 0 Å². The maximum atomic E-state index is 11.7. The summed E-state index contributed by atoms with van der Waals surface area (Å²) in [5, 5.41) is 2.91. The molecule has 0 saturated heterocycles. The number of benzene rings is 1. The van der Waals surface area contributed by atoms with Crippen LogP contribution in [0.2, 0.25) is 0 Å². The van der Waals surface area contributed by atoms with Gasteiger partial charge in [0.05, 0.1) is 25.0 Å². The average Bonchev–Trinajstić information content (AvgIpc) is 2.25. The molecule has 1 aliphatic heterocycles. The van der Waals surface area contributed by atoms with Crippen molar-refractivity contribution < 1.29 is 9.53 Å². The number of anilines is 2. The van der Waals surface area contributed by atoms with E-state index in [4.69, 9.17) is 4.74 Å². The topological polar surface area (TPSA) is 41.6 Å². The molecule has 0 radical (unpaired) electrons. The minimum Gasteiger partial charge on any atom is -0.497 e. The van der Waals surface area contributed by atoms with Crippen LogP contribution in [0.4, 0.5) is 11.4 Å². The Morgan fingerprint density at radius 2 is 2.24 bits per heavy atom. The van der Waals surface area contributed by atoms with Gasteiger partial charge in [-0.25, -0.2) is 0 Å². The minimum atomic E-state index is 0.0673. The lowest BCUT2D eigenvalue weighted by molar-refractivity contribution is -0.115. The summed E-state index contributed by atoms with van der Waals surface area (Å²) in [6.45, 7) is 0.476. The van der Waals surface area contributed by atoms with Crippen LogP contribution in [0.25, 0.3) is 0 Å². The lowest BCUT2D eigenvalue weighted by Crippen LogP contribution is -2.47. The van der Waals surface area contributed by atoms with E-state index in [0.717, 1.165) is 17.1 Å². The van der Waals surface area contributed by atoms with Crippen LogP contribution in [0.1, 0.15) is 19.3 Å². The second-order valence-electron chi connectivity index (χ2n) is 4.64. The molecule has 2 aliphatic rings. The molecule has 1 heterocycles. The zero-order valence-electron chi connectivity index (χ0n) is 9.90. The monoisotopic (exact) mass is 232 g/mol. The summed E-state index contributed by atoms with van der Waals surface area (Å²) in [4.78, 5) is 13.9. The SMILES string of the molecule is COc1ccc2c(c1)NC(=O)CN2C1CCC1. The molecule has 4 nitrogen and oxygen atoms in total. The molecule has 0 spiro atoms. The van der Waals surface area contributed by atoms with Crippen molar-refractivity contribution in [1.29, 1.82) is 0 Å². The van der Waals surface area contributed by atoms with Crippen LogP contribution in [-0.2, 0) is 4.79 Å². The van der Waals surface area contributed by atoms with E-state index in [1.165, 1.54) is 19.3 Å². The summed E-state index contributed by atoms with van der Waals surface area (Å²) in [6.07, 6.45) is 3.66. The van der Waals surface area contributed by atoms with Crippen molar-refractivity contribution >= 4 is 17.3 Å². The van der Waals surface area contributed by atoms with Gasteiger partial charge in [-0.15, -0.1) is 0 Å². The van der Waals surface area contributed by atoms with Gasteiger partial charge in [-0.3, -0.25) is 4.79 Å². The third-order valence-corrected chi connectivity index (χ3v) is 3.62. The molecule has 1 saturated carbocycles. The average molecular weight is 232 g/mol. The highest BCUT2D eigenvalue weighted by Gasteiger charge is 2.31. The predicted octanol–water partition coefficient (Wildman–Crippen LogP) is 2.01. The van der Waals surface area contributed by atoms with Crippen molar-refractivity contribution in [2.75, 3.05) is 23.9 Å². The molecule has 17 heavy (non-hydrogen) atoms. The highest BCUT2D eigenvalue weighted by Crippen LogP contribution is 2.38. The van der Waals surface area contributed by atoms with Gasteiger partial charge in [-0.1, -0.05) is 0 Å². The summed E-state index contributed by atoms with van der Waals surface area (Å²) in [7, 11) is 1.63. The summed E-state index contributed by atoms with van der Waals surface area (Å²) in [6, 6.07) is 6.40. The third-order valence-electron chi connectivity index (χ3n) is 3.62. The molecule has 0 unspecified atom stereocenters. The number of fused-ring (bicyclic) bond motifs is 1. The van der Waals surface area contributed by atoms with Gasteiger partial charge in [0, 0.05) is 12.1 Å². The first-order valence-corrected chi connectivity index (χ1v) is 6.02. The second-order valence-corrected chi connectivity index (χ2v) is 4.64. The molecule has 1 amide bonds. The molecule has 1 aliphatic carbocycles. The molecular formula is C13H16N2O2. The fourth-order valence-corrected chi connectivity index (χ4v) is 2.45. The fraction of sp³-hybridized carbons (Fsp3) is 0.462. The van der Waals surface area contributed by atoms with Crippen LogP contribution in [-0.4, -0.2) is 25.6 Å². The van der Waals surface area contributed by atoms with E-state index in [1.807, 2.05) is 18.2 Å². The van der Waals surface area contributed by atoms with Crippen LogP contribution >= 0.6 is 0 Å². The van der Waals surface area contributed by atoms with Crippen LogP contribution in [0.3, 0.4) is 0 Å². The second kappa shape index (κ2) is 3.95. The lowest BCUT2D eigenvalue weighted by atomic mass is 9.90. The molecule has 1 aromatic carbocycles. The van der Waals surface area contributed by atoms with Gasteiger partial charge in [-0.2, -0.15) is 0 Å². The molecule has 4 heteroatoms. The third kappa shape index (κ3) is 1.73. The number of methoxy groups -OCH3 is 1. The number of hydrogen-bond acceptors (Lipinski definition) is 3. The van der Waals surface area contributed by atoms with Crippen molar-refractivity contribution in [3.63, 3.8) is 0 Å². The Morgan fingerprint density at radius 1 is 1.41 bits per heavy atom. The van der Waals surface area contributed by atoms with E-state index in [0.29, 0.717) is 12.6 Å². The van der Waals surface area contributed by atoms with Crippen molar-refractivity contribution in [3.05, 3.63) is 18.2 Å². The smallest absolute Gasteiger partial charge is 0.243 e. The van der Waals surface area contributed by atoms with Gasteiger partial charge in [0.15, 0.2) is 0 Å². The molecule has 0 aromatic heterocycles. The summed E-state index contributed by atoms with van der Waals surface area (Å²) in [5.41, 5.74) is 1.99. The quantitative estimate of drug-likeness (QED) is 0.848. The van der Waals surface area contributed by atoms with Crippen LogP contribution in [0.5, 0.6) is 5.75 Å². The predicted molar refractivity (Wildman–Crippen MR) is 66.6 cm³/mol. The summed E-state index contributed by atoms with van der Waals surface area (Å²) < 4.78 is 5.18. The minimum absolute atomic E-state index is 0.0673. The Hall–Kier alpha value is -1.71. The van der Waals surface area contributed by atoms with Crippen molar-refractivity contribution in [2.24, 2.45) is 0 Å². The Labute approximate surface area is 101 Å². The number of hydrogen-bond donors (Lipinski definition) is 1. The lowest BCUT2D eigenvalue weighted by Gasteiger charge is -2.41. The van der Waals surface area contributed by atoms with Gasteiger partial charge in [-0.05, 0) is 31.4 Å². The standard InChI is InChI=1S/C13H16N2O2/c1-17-10-5-6-12-11(7-10)14-13(16)8-15(12)9-3-2-4-9/h5-7,9H,2-4,8H2,1H3,(H,14,16). The maximum Gasteiger partial charge on any atom is 0.243 e. The Bertz CT molecular complexity index is 455. The normalized spacial score (nSPS) is 19.4. The van der Waals surface area contributed by atoms with Crippen molar-refractivity contribution in [1.82, 2.24) is 0 Å². The van der Waals surface area contributed by atoms with Crippen LogP contribution in [0.15, 0.2) is 18.2 Å². The number of amides is 1. The zero-order valence-corrected chi connectivity index (χ0v) is 9.90. The molecule has 1 fully saturated rings. The van der Waals surface area contributed by atoms with Gasteiger partial charge in [0.2, 0.25) is 5.91 Å². The largest absolute Gasteiger partial charge is 0.497 e. The molecule has 90 valence electrons. The van der Waals surface area contributed by atoms with Crippen LogP contribution < -0.4 is 15.0 Å². The van der Waals surface area contributed by atoms with E-state index in [1.54, 1.807) is 7.11 Å². The Morgan fingerprint density at radius 3 is 2.88 bits per heavy atom. The fourth-order valence-electron chi connectivity index (χ4n) is 2.45. The molecule has 3 rings (SSSR count). The van der Waals surface area contributed by atoms with Crippen LogP contribution in [0, 0.1) is 0 Å². The highest BCUT2D eigenvalue weighted by atomic mass is 16.5. The Balaban J connectivity index is 1.97. The van der Waals surface area contributed by atoms with E-state index in [2.05, 4.69) is 10.2 Å². The number of carbonyl (C=O) groups is 1. The van der Waals surface area contributed by atoms with Gasteiger partial charge in [0.1, 0.15) is 5.75 Å². The molecular weight excluding hydrogens is 216 g/mol. The number of carbonyl (C=O) groups excluding carboxylic acids is 1. The highest BCUT2D eigenvalue weighted by molar-refractivity contribution is 6.01. The molecule has 0 atom stereocenters. The van der Waals surface area contributed by atoms with Crippen molar-refractivity contribution in [3.8, 4) is 5.75 Å². The summed E-state index contributed by atoms with van der Waals surface area (Å²) >= 11 is 0. The van der Waals surface area contributed by atoms with E-state index < -0.39 is 0 Å². The van der Waals surface area contributed by atoms with Gasteiger partial charge >= 0.3 is 0 Å². The molecule has 1 aromatic rings. The number of nitrogens with one attached hydrogen (secondary N) is 1. The number of ether oxygens (including phenoxy) is 1. The number of nitrogens with zero attached hydrogens (tertiary/aromatic N) is 1. The molecule has 1 N–H and O–H groups in total. The zero-order chi connectivity index (χ0) is 11.8. The van der Waals surface area contributed by atoms with Crippen molar-refractivity contribution in [2.45, 2.75) is 25.3 Å². The first kappa shape index (κ1) is 10.4. The maximum absolute atomic E-state index is 11.7. The van der Waals surface area contributed by atoms with Gasteiger partial charge < -0.3 is 15.0 Å². The number of rotatable bonds is 2. The first-order chi connectivity index (χ1) is 8.28. The Kier molecular flexibility index (Phi) is 2.42.